The smallest absolute Gasteiger partial charge is 0.347 e. The summed E-state index contributed by atoms with van der Waals surface area (Å²) in [6, 6.07) is -12.1. The standard InChI is InChI=1S/C70H114ClF3N12O12/c1-16-42(6)58-68(97)80(11)43(7)62(91)86-34-32-51(86)66(95)82(13)53(37-44-23-18-17-19-24-44)65(94)79(10)39-55(87)75-49(31-29-45-28-30-47(48(71)36-45)70(72,73)74)63(92)85-33-22-27-50(85)60(89)76-57(41(4)5)67(96)84(15)59(46-25-20-21-26-46)69(98)83(14)54(64(93)78(8)9)38-56(88)81(12)52(35-40(2)3)61(90)77-58/h40-54,57-59H,16-39H2,1-15H3,(H,75,87)(H,76,89)(H,77,90)/t42-,43-,45?,47?,48?,49-,50-,51-,52-,53-,54-,57-,58-,59-/m0/s1. The van der Waals surface area contributed by atoms with Gasteiger partial charge in [0.1, 0.15) is 60.4 Å². The van der Waals surface area contributed by atoms with Crippen LogP contribution in [-0.4, -0.2) is 263 Å². The Bertz CT molecular complexity index is 2860. The molecule has 3 saturated carbocycles. The Balaban J connectivity index is 1.41. The molecule has 28 heteroatoms. The van der Waals surface area contributed by atoms with Crippen LogP contribution in [0.25, 0.3) is 0 Å². The van der Waals surface area contributed by atoms with E-state index in [9.17, 15) is 56.3 Å². The van der Waals surface area contributed by atoms with E-state index in [1.807, 2.05) is 20.8 Å². The van der Waals surface area contributed by atoms with Crippen LogP contribution in [0.3, 0.4) is 0 Å². The molecule has 6 aliphatic rings. The first kappa shape index (κ1) is 80.7. The Labute approximate surface area is 583 Å². The predicted octanol–water partition coefficient (Wildman–Crippen LogP) is 5.41. The minimum atomic E-state index is -4.51. The Morgan fingerprint density at radius 2 is 1.19 bits per heavy atom. The molecular weight excluding hydrogens is 1290 g/mol. The van der Waals surface area contributed by atoms with Crippen LogP contribution in [0.1, 0.15) is 183 Å². The maximum atomic E-state index is 15.4. The van der Waals surface area contributed by atoms with E-state index in [1.54, 1.807) is 20.8 Å². The minimum absolute atomic E-state index is 0.00300. The van der Waals surface area contributed by atoms with E-state index in [-0.39, 0.29) is 88.6 Å². The topological polar surface area (TPSA) is 270 Å². The van der Waals surface area contributed by atoms with Crippen molar-refractivity contribution in [2.75, 3.05) is 76.0 Å². The number of hydrogen-bond donors (Lipinski definition) is 3. The zero-order valence-corrected chi connectivity index (χ0v) is 61.6. The van der Waals surface area contributed by atoms with Gasteiger partial charge in [-0.05, 0) is 119 Å². The van der Waals surface area contributed by atoms with Crippen LogP contribution in [0.2, 0.25) is 0 Å². The highest BCUT2D eigenvalue weighted by Crippen LogP contribution is 2.44. The Hall–Kier alpha value is -6.28. The molecular formula is C70H114ClF3N12O12. The molecule has 3 aliphatic carbocycles. The molecule has 0 aromatic heterocycles. The normalized spacial score (nSPS) is 30.9. The van der Waals surface area contributed by atoms with Gasteiger partial charge in [-0.2, -0.15) is 13.2 Å². The Morgan fingerprint density at radius 1 is 0.592 bits per heavy atom. The fraction of sp³-hybridized carbons (Fsp3) is 0.829. The number of fused-ring (bicyclic) bond motifs is 2. The number of alkyl halides is 4. The van der Waals surface area contributed by atoms with Crippen LogP contribution in [0.15, 0.2) is 0 Å². The van der Waals surface area contributed by atoms with Gasteiger partial charge in [-0.15, -0.1) is 11.6 Å². The average molecular weight is 1410 g/mol. The van der Waals surface area contributed by atoms with Crippen molar-refractivity contribution in [1.82, 2.24) is 60.0 Å². The van der Waals surface area contributed by atoms with Crippen molar-refractivity contribution in [1.29, 1.82) is 0 Å². The number of carbonyl (C=O) groups excluding carboxylic acids is 12. The van der Waals surface area contributed by atoms with Crippen molar-refractivity contribution in [3.8, 4) is 0 Å². The third-order valence-corrected chi connectivity index (χ3v) is 22.8. The number of likely N-dealkylation sites (N-methyl/N-ethyl adjacent to an activating group) is 7. The average Bonchev–Trinajstić information content (AvgIpc) is 0.796. The zero-order chi connectivity index (χ0) is 73.1. The molecule has 0 aromatic carbocycles. The van der Waals surface area contributed by atoms with Crippen molar-refractivity contribution in [3.05, 3.63) is 0 Å². The van der Waals surface area contributed by atoms with Gasteiger partial charge in [-0.25, -0.2) is 0 Å². The van der Waals surface area contributed by atoms with Gasteiger partial charge >= 0.3 is 6.18 Å². The predicted molar refractivity (Wildman–Crippen MR) is 363 cm³/mol. The van der Waals surface area contributed by atoms with E-state index in [0.29, 0.717) is 25.7 Å². The number of halogens is 4. The van der Waals surface area contributed by atoms with Gasteiger partial charge in [0.25, 0.3) is 0 Å². The lowest BCUT2D eigenvalue weighted by Crippen LogP contribution is -2.65. The summed E-state index contributed by atoms with van der Waals surface area (Å²) in [6.45, 7) is 11.9. The number of nitrogens with zero attached hydrogens (tertiary/aromatic N) is 9. The number of hydrogen-bond acceptors (Lipinski definition) is 12. The molecule has 3 N–H and O–H groups in total. The summed E-state index contributed by atoms with van der Waals surface area (Å²) >= 11 is 6.39. The summed E-state index contributed by atoms with van der Waals surface area (Å²) in [5.41, 5.74) is 0. The van der Waals surface area contributed by atoms with Gasteiger partial charge in [-0.1, -0.05) is 92.9 Å². The van der Waals surface area contributed by atoms with Crippen LogP contribution in [-0.2, 0) is 57.5 Å². The van der Waals surface area contributed by atoms with Gasteiger partial charge < -0.3 is 60.0 Å². The lowest BCUT2D eigenvalue weighted by atomic mass is 9.78. The molecule has 12 amide bonds. The van der Waals surface area contributed by atoms with Crippen LogP contribution in [0.4, 0.5) is 13.2 Å². The largest absolute Gasteiger partial charge is 0.393 e. The van der Waals surface area contributed by atoms with Crippen molar-refractivity contribution >= 4 is 82.5 Å². The summed E-state index contributed by atoms with van der Waals surface area (Å²) in [6.07, 6.45) is 3.39. The van der Waals surface area contributed by atoms with E-state index in [1.165, 1.54) is 107 Å². The van der Waals surface area contributed by atoms with Crippen LogP contribution < -0.4 is 16.0 Å². The van der Waals surface area contributed by atoms with Crippen LogP contribution >= 0.6 is 11.6 Å². The zero-order valence-electron chi connectivity index (χ0n) is 60.8. The van der Waals surface area contributed by atoms with Crippen molar-refractivity contribution in [2.24, 2.45) is 41.4 Å². The van der Waals surface area contributed by atoms with Gasteiger partial charge in [0.15, 0.2) is 0 Å². The summed E-state index contributed by atoms with van der Waals surface area (Å²) < 4.78 is 41.9. The molecule has 3 unspecified atom stereocenters. The molecule has 554 valence electrons. The highest BCUT2D eigenvalue weighted by atomic mass is 35.5. The molecule has 0 bridgehead atoms. The molecule has 3 heterocycles. The maximum absolute atomic E-state index is 15.4. The fourth-order valence-electron chi connectivity index (χ4n) is 15.5. The van der Waals surface area contributed by atoms with Crippen LogP contribution in [0.5, 0.6) is 0 Å². The Morgan fingerprint density at radius 3 is 1.76 bits per heavy atom. The molecule has 6 rings (SSSR count). The van der Waals surface area contributed by atoms with Crippen molar-refractivity contribution < 1.29 is 70.7 Å². The second-order valence-corrected chi connectivity index (χ2v) is 30.7. The second-order valence-electron chi connectivity index (χ2n) is 30.2. The first-order valence-corrected chi connectivity index (χ1v) is 36.4. The number of nitrogens with one attached hydrogen (secondary N) is 3. The lowest BCUT2D eigenvalue weighted by molar-refractivity contribution is -0.182. The summed E-state index contributed by atoms with van der Waals surface area (Å²) in [7, 11) is 11.6. The van der Waals surface area contributed by atoms with Crippen molar-refractivity contribution in [2.45, 2.75) is 255 Å². The molecule has 0 aromatic rings. The fourth-order valence-corrected chi connectivity index (χ4v) is 16.0. The van der Waals surface area contributed by atoms with Gasteiger partial charge in [0, 0.05) is 74.8 Å². The third-order valence-electron chi connectivity index (χ3n) is 22.3. The Kier molecular flexibility index (Phi) is 29.1. The molecule has 14 atom stereocenters. The second kappa shape index (κ2) is 35.4. The quantitative estimate of drug-likeness (QED) is 0.207. The van der Waals surface area contributed by atoms with E-state index < -0.39 is 179 Å². The molecule has 24 nitrogen and oxygen atoms in total. The van der Waals surface area contributed by atoms with E-state index in [4.69, 9.17) is 11.6 Å². The number of rotatable bonds is 12. The molecule has 0 radical (unpaired) electrons. The van der Waals surface area contributed by atoms with Gasteiger partial charge in [0.2, 0.25) is 70.9 Å². The third kappa shape index (κ3) is 19.6. The van der Waals surface area contributed by atoms with Crippen LogP contribution in [0, 0.1) is 41.4 Å². The number of amides is 12. The first-order chi connectivity index (χ1) is 45.9. The molecule has 3 aliphatic heterocycles. The highest BCUT2D eigenvalue weighted by molar-refractivity contribution is 6.21. The summed E-state index contributed by atoms with van der Waals surface area (Å²) in [5.74, 6) is -11.4. The maximum Gasteiger partial charge on any atom is 0.393 e. The van der Waals surface area contributed by atoms with E-state index in [0.717, 1.165) is 44.9 Å². The van der Waals surface area contributed by atoms with E-state index in [2.05, 4.69) is 16.0 Å². The molecule has 3 saturated heterocycles. The number of carbonyl (C=O) groups is 12. The monoisotopic (exact) mass is 1410 g/mol. The lowest BCUT2D eigenvalue weighted by Gasteiger charge is -2.45. The van der Waals surface area contributed by atoms with Gasteiger partial charge in [-0.3, -0.25) is 57.5 Å². The summed E-state index contributed by atoms with van der Waals surface area (Å²) in [4.78, 5) is 190. The molecule has 0 spiro atoms. The summed E-state index contributed by atoms with van der Waals surface area (Å²) in [5, 5.41) is 7.42. The van der Waals surface area contributed by atoms with E-state index >= 15 is 14.4 Å². The highest BCUT2D eigenvalue weighted by Gasteiger charge is 2.50. The first-order valence-electron chi connectivity index (χ1n) is 35.9. The molecule has 98 heavy (non-hydrogen) atoms. The minimum Gasteiger partial charge on any atom is -0.347 e. The van der Waals surface area contributed by atoms with Crippen molar-refractivity contribution in [3.63, 3.8) is 0 Å². The van der Waals surface area contributed by atoms with Gasteiger partial charge in [0.05, 0.1) is 18.9 Å². The SMILES string of the molecule is CC[C@H](C)[C@@H]1NC(=O)[C@H](CC(C)C)N(C)C(=O)C[C@@H](C(=O)N(C)C)N(C)C(=O)[C@H](C2CCCC2)N(C)C(=O)[C@H](C(C)C)NC(=O)[C@@H]2CCCN2C(=O)[C@H](CCC2CCC(C(F)(F)F)C(Cl)C2)NC(=O)CN(C)C(=O)[C@H](CC2CCCCC2)N(C)C(=O)[C@@H]2CCN2C(=O)[C@H](C)N(C)C1=O. The molecule has 6 fully saturated rings.